The van der Waals surface area contributed by atoms with Crippen LogP contribution in [0, 0.1) is 0 Å². The Morgan fingerprint density at radius 2 is 1.86 bits per heavy atom. The smallest absolute Gasteiger partial charge is 0.273 e. The van der Waals surface area contributed by atoms with Gasteiger partial charge in [-0.2, -0.15) is 0 Å². The molecule has 1 aromatic carbocycles. The fraction of sp³-hybridized carbons (Fsp3) is 0.455. The molecule has 1 aromatic rings. The van der Waals surface area contributed by atoms with Crippen LogP contribution in [-0.4, -0.2) is 35.1 Å². The molecule has 1 saturated heterocycles. The molecule has 1 spiro atoms. The van der Waals surface area contributed by atoms with Crippen molar-refractivity contribution in [1.82, 2.24) is 15.5 Å². The number of rotatable bonds is 4. The van der Waals surface area contributed by atoms with Gasteiger partial charge in [0.2, 0.25) is 0 Å². The van der Waals surface area contributed by atoms with Gasteiger partial charge in [0.25, 0.3) is 5.91 Å². The van der Waals surface area contributed by atoms with Crippen molar-refractivity contribution in [3.05, 3.63) is 59.2 Å². The van der Waals surface area contributed by atoms with E-state index in [1.807, 2.05) is 18.7 Å². The van der Waals surface area contributed by atoms with Crippen molar-refractivity contribution in [3.63, 3.8) is 0 Å². The minimum absolute atomic E-state index is 0.0390. The van der Waals surface area contributed by atoms with E-state index in [9.17, 15) is 4.79 Å². The molecule has 2 aliphatic heterocycles. The third kappa shape index (κ3) is 4.81. The average Bonchev–Trinajstić information content (AvgIpc) is 2.67. The number of nitrogens with one attached hydrogen (secondary N) is 2. The van der Waals surface area contributed by atoms with Crippen molar-refractivity contribution in [1.29, 1.82) is 0 Å². The average molecular weight is 382 g/mol. The summed E-state index contributed by atoms with van der Waals surface area (Å²) in [5, 5.41) is 6.71. The van der Waals surface area contributed by atoms with Crippen LogP contribution in [0.5, 0.6) is 0 Å². The first-order valence-corrected chi connectivity index (χ1v) is 9.90. The number of piperidine rings is 1. The number of likely N-dealkylation sites (tertiary alicyclic amines) is 1. The molecule has 6 nitrogen and oxygen atoms in total. The highest BCUT2D eigenvalue weighted by Crippen LogP contribution is 2.32. The summed E-state index contributed by atoms with van der Waals surface area (Å²) in [4.78, 5) is 19.3. The molecule has 0 aliphatic carbocycles. The summed E-state index contributed by atoms with van der Waals surface area (Å²) < 4.78 is 0. The van der Waals surface area contributed by atoms with Crippen molar-refractivity contribution in [2.24, 2.45) is 10.7 Å². The molecule has 0 aromatic heterocycles. The molecule has 0 radical (unpaired) electrons. The number of carbonyl (C=O) groups excluding carboxylic acids is 1. The van der Waals surface area contributed by atoms with Gasteiger partial charge in [0.1, 0.15) is 5.70 Å². The van der Waals surface area contributed by atoms with E-state index in [-0.39, 0.29) is 11.4 Å². The molecular formula is C22H31N5O. The lowest BCUT2D eigenvalue weighted by molar-refractivity contribution is -0.129. The first-order chi connectivity index (χ1) is 13.4. The van der Waals surface area contributed by atoms with Crippen LogP contribution in [0.3, 0.4) is 0 Å². The third-order valence-corrected chi connectivity index (χ3v) is 5.40. The summed E-state index contributed by atoms with van der Waals surface area (Å²) in [6, 6.07) is 8.64. The monoisotopic (exact) mass is 381 g/mol. The molecule has 2 aliphatic rings. The lowest BCUT2D eigenvalue weighted by Gasteiger charge is -2.45. The molecule has 4 N–H and O–H groups in total. The number of fused-ring (bicyclic) bond motifs is 1. The van der Waals surface area contributed by atoms with Gasteiger partial charge >= 0.3 is 0 Å². The quantitative estimate of drug-likeness (QED) is 0.553. The molecule has 1 amide bonds. The van der Waals surface area contributed by atoms with E-state index in [2.05, 4.69) is 39.9 Å². The van der Waals surface area contributed by atoms with Gasteiger partial charge in [0.15, 0.2) is 0 Å². The van der Waals surface area contributed by atoms with Crippen LogP contribution in [0.1, 0.15) is 44.7 Å². The molecule has 2 heterocycles. The highest BCUT2D eigenvalue weighted by Gasteiger charge is 2.38. The number of hydrogen-bond acceptors (Lipinski definition) is 5. The predicted molar refractivity (Wildman–Crippen MR) is 113 cm³/mol. The topological polar surface area (TPSA) is 82.7 Å². The van der Waals surface area contributed by atoms with Crippen molar-refractivity contribution in [2.45, 2.75) is 52.1 Å². The number of aliphatic imine (C=N–C) groups is 1. The van der Waals surface area contributed by atoms with E-state index in [4.69, 9.17) is 5.73 Å². The zero-order valence-corrected chi connectivity index (χ0v) is 17.1. The highest BCUT2D eigenvalue weighted by molar-refractivity contribution is 5.96. The van der Waals surface area contributed by atoms with E-state index in [1.54, 1.807) is 19.3 Å². The molecule has 6 heteroatoms. The minimum atomic E-state index is -0.0390. The molecule has 1 fully saturated rings. The number of nitrogens with two attached hydrogens (primary N) is 1. The second-order valence-electron chi connectivity index (χ2n) is 8.02. The molecule has 0 saturated carbocycles. The largest absolute Gasteiger partial charge is 0.401 e. The molecule has 0 atom stereocenters. The van der Waals surface area contributed by atoms with Crippen LogP contribution < -0.4 is 16.4 Å². The maximum absolute atomic E-state index is 13.0. The zero-order chi connectivity index (χ0) is 20.1. The van der Waals surface area contributed by atoms with E-state index < -0.39 is 0 Å². The normalized spacial score (nSPS) is 19.2. The summed E-state index contributed by atoms with van der Waals surface area (Å²) in [7, 11) is 0. The fourth-order valence-corrected chi connectivity index (χ4v) is 3.90. The fourth-order valence-electron chi connectivity index (χ4n) is 3.90. The maximum Gasteiger partial charge on any atom is 0.273 e. The number of benzene rings is 1. The van der Waals surface area contributed by atoms with Gasteiger partial charge in [-0.3, -0.25) is 9.79 Å². The predicted octanol–water partition coefficient (Wildman–Crippen LogP) is 2.43. The molecule has 3 rings (SSSR count). The van der Waals surface area contributed by atoms with Gasteiger partial charge in [-0.25, -0.2) is 0 Å². The zero-order valence-electron chi connectivity index (χ0n) is 17.1. The van der Waals surface area contributed by atoms with Crippen molar-refractivity contribution < 1.29 is 4.79 Å². The van der Waals surface area contributed by atoms with Gasteiger partial charge in [0.05, 0.1) is 0 Å². The van der Waals surface area contributed by atoms with Crippen molar-refractivity contribution >= 4 is 11.6 Å². The number of amides is 1. The first-order valence-electron chi connectivity index (χ1n) is 9.90. The number of allylic oxidation sites excluding steroid dienone is 1. The summed E-state index contributed by atoms with van der Waals surface area (Å²) in [5.41, 5.74) is 10.5. The van der Waals surface area contributed by atoms with Crippen LogP contribution >= 0.6 is 0 Å². The van der Waals surface area contributed by atoms with Crippen molar-refractivity contribution in [3.8, 4) is 0 Å². The third-order valence-electron chi connectivity index (χ3n) is 5.40. The van der Waals surface area contributed by atoms with Crippen molar-refractivity contribution in [2.75, 3.05) is 13.1 Å². The lowest BCUT2D eigenvalue weighted by atomic mass is 9.78. The van der Waals surface area contributed by atoms with Gasteiger partial charge < -0.3 is 21.3 Å². The summed E-state index contributed by atoms with van der Waals surface area (Å²) >= 11 is 0. The Bertz CT molecular complexity index is 808. The number of hydrogen-bond donors (Lipinski definition) is 3. The van der Waals surface area contributed by atoms with Gasteiger partial charge in [-0.05, 0) is 51.2 Å². The molecule has 0 unspecified atom stereocenters. The Labute approximate surface area is 167 Å². The van der Waals surface area contributed by atoms with Gasteiger partial charge in [0, 0.05) is 49.0 Å². The van der Waals surface area contributed by atoms with Crippen LogP contribution in [0.25, 0.3) is 0 Å². The first kappa shape index (κ1) is 20.1. The van der Waals surface area contributed by atoms with Gasteiger partial charge in [-0.1, -0.05) is 24.3 Å². The maximum atomic E-state index is 13.0. The summed E-state index contributed by atoms with van der Waals surface area (Å²) in [6.45, 7) is 7.93. The van der Waals surface area contributed by atoms with E-state index in [0.29, 0.717) is 11.4 Å². The molecular weight excluding hydrogens is 350 g/mol. The SMILES string of the molecule is CC(C)=N/C(=C\N/C=C(/C)N)C(=O)N1CCC2(CC1)Cc1ccccc1CN2. The Morgan fingerprint density at radius 3 is 2.50 bits per heavy atom. The Morgan fingerprint density at radius 1 is 1.18 bits per heavy atom. The molecule has 0 bridgehead atoms. The second-order valence-corrected chi connectivity index (χ2v) is 8.02. The number of nitrogens with zero attached hydrogens (tertiary/aromatic N) is 2. The summed E-state index contributed by atoms with van der Waals surface area (Å²) in [5.74, 6) is -0.0390. The van der Waals surface area contributed by atoms with E-state index >= 15 is 0 Å². The second kappa shape index (κ2) is 8.61. The van der Waals surface area contributed by atoms with E-state index in [1.165, 1.54) is 11.1 Å². The van der Waals surface area contributed by atoms with Crippen LogP contribution in [0.15, 0.2) is 53.1 Å². The van der Waals surface area contributed by atoms with Crippen LogP contribution in [0.4, 0.5) is 0 Å². The van der Waals surface area contributed by atoms with Gasteiger partial charge in [-0.15, -0.1) is 0 Å². The number of carbonyl (C=O) groups is 1. The highest BCUT2D eigenvalue weighted by atomic mass is 16.2. The van der Waals surface area contributed by atoms with Crippen LogP contribution in [-0.2, 0) is 17.8 Å². The lowest BCUT2D eigenvalue weighted by Crippen LogP contribution is -2.57. The van der Waals surface area contributed by atoms with Crippen LogP contribution in [0.2, 0.25) is 0 Å². The minimum Gasteiger partial charge on any atom is -0.401 e. The molecule has 150 valence electrons. The standard InChI is InChI=1S/C22H31N5O/c1-16(2)26-20(15-24-13-17(3)23)21(28)27-10-8-22(9-11-27)12-18-6-4-5-7-19(18)14-25-22/h4-7,13,15,24-25H,8-12,14,23H2,1-3H3/b17-13-,20-15-. The molecule has 28 heavy (non-hydrogen) atoms. The Kier molecular flexibility index (Phi) is 6.19. The Balaban J connectivity index is 1.67. The van der Waals surface area contributed by atoms with E-state index in [0.717, 1.165) is 44.6 Å². The Hall–Kier alpha value is -2.60. The summed E-state index contributed by atoms with van der Waals surface area (Å²) in [6.07, 6.45) is 6.21.